The number of aromatic nitrogens is 2. The molecule has 2 aromatic rings. The largest absolute Gasteiger partial charge is 0.340 e. The Morgan fingerprint density at radius 2 is 2.38 bits per heavy atom. The van der Waals surface area contributed by atoms with Gasteiger partial charge in [0, 0.05) is 27.3 Å². The van der Waals surface area contributed by atoms with E-state index in [0.29, 0.717) is 14.6 Å². The summed E-state index contributed by atoms with van der Waals surface area (Å²) in [6, 6.07) is 7.05. The molecule has 1 aromatic heterocycles. The SMILES string of the molecule is [2H]c1nc(-c2ccccc2Br)c([2H])n1C([2H])([2H])[2H]. The third-order valence-corrected chi connectivity index (χ3v) is 2.30. The van der Waals surface area contributed by atoms with E-state index in [4.69, 9.17) is 6.85 Å². The van der Waals surface area contributed by atoms with Gasteiger partial charge in [0.2, 0.25) is 0 Å². The minimum Gasteiger partial charge on any atom is -0.340 e. The number of halogens is 1. The maximum Gasteiger partial charge on any atom is 0.104 e. The van der Waals surface area contributed by atoms with Gasteiger partial charge in [-0.05, 0) is 6.07 Å². The standard InChI is InChI=1S/C10H9BrN2/c1-13-6-10(12-7-13)8-4-2-3-5-9(8)11/h2-7H,1H3/i1D3,6D,7D. The lowest BCUT2D eigenvalue weighted by molar-refractivity contribution is 0.913. The third kappa shape index (κ3) is 1.65. The van der Waals surface area contributed by atoms with E-state index in [2.05, 4.69) is 20.9 Å². The predicted molar refractivity (Wildman–Crippen MR) is 56.3 cm³/mol. The van der Waals surface area contributed by atoms with Crippen molar-refractivity contribution in [3.63, 3.8) is 0 Å². The monoisotopic (exact) mass is 241 g/mol. The molecule has 0 saturated heterocycles. The van der Waals surface area contributed by atoms with Crippen molar-refractivity contribution in [2.75, 3.05) is 0 Å². The lowest BCUT2D eigenvalue weighted by Crippen LogP contribution is -1.79. The van der Waals surface area contributed by atoms with Crippen molar-refractivity contribution < 1.29 is 6.85 Å². The highest BCUT2D eigenvalue weighted by Gasteiger charge is 2.03. The Bertz CT molecular complexity index is 590. The van der Waals surface area contributed by atoms with Crippen LogP contribution in [-0.2, 0) is 6.98 Å². The lowest BCUT2D eigenvalue weighted by atomic mass is 10.2. The molecule has 0 atom stereocenters. The zero-order valence-corrected chi connectivity index (χ0v) is 8.17. The minimum absolute atomic E-state index is 0.184. The molecule has 0 unspecified atom stereocenters. The highest BCUT2D eigenvalue weighted by Crippen LogP contribution is 2.25. The van der Waals surface area contributed by atoms with Gasteiger partial charge in [-0.15, -0.1) is 0 Å². The molecule has 1 heterocycles. The van der Waals surface area contributed by atoms with Crippen molar-refractivity contribution >= 4 is 15.9 Å². The van der Waals surface area contributed by atoms with Crippen LogP contribution in [0.2, 0.25) is 0 Å². The van der Waals surface area contributed by atoms with E-state index in [-0.39, 0.29) is 11.9 Å². The highest BCUT2D eigenvalue weighted by atomic mass is 79.9. The highest BCUT2D eigenvalue weighted by molar-refractivity contribution is 9.10. The maximum absolute atomic E-state index is 7.86. The Balaban J connectivity index is 2.66. The van der Waals surface area contributed by atoms with Crippen LogP contribution in [0.15, 0.2) is 41.2 Å². The van der Waals surface area contributed by atoms with Crippen LogP contribution >= 0.6 is 15.9 Å². The molecule has 0 amide bonds. The van der Waals surface area contributed by atoms with Crippen LogP contribution in [0.1, 0.15) is 6.85 Å². The van der Waals surface area contributed by atoms with Crippen LogP contribution in [0.25, 0.3) is 11.3 Å². The molecule has 2 nitrogen and oxygen atoms in total. The van der Waals surface area contributed by atoms with Gasteiger partial charge < -0.3 is 4.57 Å². The molecule has 3 heteroatoms. The molecule has 0 N–H and O–H groups in total. The van der Waals surface area contributed by atoms with E-state index in [1.165, 1.54) is 0 Å². The Hall–Kier alpha value is -1.09. The van der Waals surface area contributed by atoms with E-state index in [1.807, 2.05) is 0 Å². The Labute approximate surface area is 92.4 Å². The smallest absolute Gasteiger partial charge is 0.104 e. The van der Waals surface area contributed by atoms with E-state index in [1.54, 1.807) is 24.3 Å². The first kappa shape index (κ1) is 4.42. The Morgan fingerprint density at radius 1 is 1.54 bits per heavy atom. The molecule has 0 fully saturated rings. The molecule has 1 aromatic carbocycles. The molecular formula is C10H9BrN2. The number of benzene rings is 1. The molecule has 2 rings (SSSR count). The lowest BCUT2D eigenvalue weighted by Gasteiger charge is -1.98. The zero-order valence-electron chi connectivity index (χ0n) is 11.6. The normalized spacial score (nSPS) is 16.8. The first-order valence-electron chi connectivity index (χ1n) is 6.13. The molecule has 0 aliphatic rings. The van der Waals surface area contributed by atoms with Crippen LogP contribution < -0.4 is 0 Å². The minimum atomic E-state index is -2.57. The van der Waals surface area contributed by atoms with Crippen molar-refractivity contribution in [2.45, 2.75) is 0 Å². The van der Waals surface area contributed by atoms with E-state index < -0.39 is 13.3 Å². The molecule has 0 saturated carbocycles. The Kier molecular flexibility index (Phi) is 1.14. The van der Waals surface area contributed by atoms with Gasteiger partial charge in [0.05, 0.1) is 13.4 Å². The van der Waals surface area contributed by atoms with E-state index in [0.717, 1.165) is 0 Å². The first-order chi connectivity index (χ1) is 8.32. The van der Waals surface area contributed by atoms with Gasteiger partial charge in [0.15, 0.2) is 0 Å². The van der Waals surface area contributed by atoms with Crippen LogP contribution in [0.5, 0.6) is 0 Å². The summed E-state index contributed by atoms with van der Waals surface area (Å²) in [4.78, 5) is 3.86. The molecule has 66 valence electrons. The Morgan fingerprint density at radius 3 is 3.08 bits per heavy atom. The summed E-state index contributed by atoms with van der Waals surface area (Å²) in [5.41, 5.74) is 0.780. The van der Waals surface area contributed by atoms with Crippen molar-refractivity contribution in [2.24, 2.45) is 6.98 Å². The van der Waals surface area contributed by atoms with Gasteiger partial charge in [-0.2, -0.15) is 0 Å². The van der Waals surface area contributed by atoms with Crippen LogP contribution in [0, 0.1) is 0 Å². The molecule has 0 bridgehead atoms. The maximum atomic E-state index is 7.86. The summed E-state index contributed by atoms with van der Waals surface area (Å²) in [6.07, 6.45) is -0.724. The van der Waals surface area contributed by atoms with Gasteiger partial charge in [0.1, 0.15) is 1.37 Å². The number of nitrogens with zero attached hydrogens (tertiary/aromatic N) is 2. The van der Waals surface area contributed by atoms with Gasteiger partial charge in [-0.1, -0.05) is 34.1 Å². The van der Waals surface area contributed by atoms with E-state index in [9.17, 15) is 0 Å². The van der Waals surface area contributed by atoms with Crippen LogP contribution in [-0.4, -0.2) is 9.55 Å². The average Bonchev–Trinajstić information content (AvgIpc) is 2.54. The summed E-state index contributed by atoms with van der Waals surface area (Å²) in [6.45, 7) is -2.57. The van der Waals surface area contributed by atoms with Gasteiger partial charge >= 0.3 is 0 Å². The average molecular weight is 242 g/mol. The quantitative estimate of drug-likeness (QED) is 0.751. The number of rotatable bonds is 1. The molecule has 0 aliphatic heterocycles. The second-order valence-corrected chi connectivity index (χ2v) is 3.34. The van der Waals surface area contributed by atoms with Crippen molar-refractivity contribution in [3.8, 4) is 11.3 Å². The number of hydrogen-bond donors (Lipinski definition) is 0. The number of imidazole rings is 1. The van der Waals surface area contributed by atoms with Crippen molar-refractivity contribution in [1.29, 1.82) is 0 Å². The third-order valence-electron chi connectivity index (χ3n) is 1.61. The van der Waals surface area contributed by atoms with Gasteiger partial charge in [0.25, 0.3) is 0 Å². The summed E-state index contributed by atoms with van der Waals surface area (Å²) >= 11 is 3.32. The summed E-state index contributed by atoms with van der Waals surface area (Å²) in [5, 5.41) is 0. The summed E-state index contributed by atoms with van der Waals surface area (Å²) < 4.78 is 38.6. The van der Waals surface area contributed by atoms with Gasteiger partial charge in [-0.3, -0.25) is 0 Å². The number of hydrogen-bond acceptors (Lipinski definition) is 1. The predicted octanol–water partition coefficient (Wildman–Crippen LogP) is 2.85. The fourth-order valence-electron chi connectivity index (χ4n) is 1.03. The summed E-state index contributed by atoms with van der Waals surface area (Å²) in [5.74, 6) is 0. The van der Waals surface area contributed by atoms with Gasteiger partial charge in [-0.25, -0.2) is 4.98 Å². The molecular weight excluding hydrogens is 228 g/mol. The first-order valence-corrected chi connectivity index (χ1v) is 4.43. The van der Waals surface area contributed by atoms with Crippen molar-refractivity contribution in [1.82, 2.24) is 9.55 Å². The van der Waals surface area contributed by atoms with E-state index >= 15 is 0 Å². The molecule has 0 spiro atoms. The fraction of sp³-hybridized carbons (Fsp3) is 0.100. The van der Waals surface area contributed by atoms with Crippen LogP contribution in [0.3, 0.4) is 0 Å². The van der Waals surface area contributed by atoms with Crippen LogP contribution in [0.4, 0.5) is 0 Å². The second-order valence-electron chi connectivity index (χ2n) is 2.49. The topological polar surface area (TPSA) is 17.8 Å². The van der Waals surface area contributed by atoms with Crippen molar-refractivity contribution in [3.05, 3.63) is 41.2 Å². The zero-order chi connectivity index (χ0) is 13.5. The second kappa shape index (κ2) is 3.34. The summed E-state index contributed by atoms with van der Waals surface area (Å²) in [7, 11) is 0. The fourth-order valence-corrected chi connectivity index (χ4v) is 1.50. The molecule has 13 heavy (non-hydrogen) atoms. The molecule has 0 radical (unpaired) electrons. The molecule has 0 aliphatic carbocycles.